The fourth-order valence-electron chi connectivity index (χ4n) is 1.24. The second-order valence-corrected chi connectivity index (χ2v) is 3.63. The Bertz CT molecular complexity index is 576. The van der Waals surface area contributed by atoms with Crippen molar-refractivity contribution in [3.05, 3.63) is 45.8 Å². The Morgan fingerprint density at radius 3 is 2.75 bits per heavy atom. The highest BCUT2D eigenvalue weighted by molar-refractivity contribution is 5.88. The second-order valence-electron chi connectivity index (χ2n) is 3.63. The van der Waals surface area contributed by atoms with E-state index in [0.717, 1.165) is 0 Å². The number of ether oxygens (including phenoxy) is 1. The number of esters is 1. The molecule has 0 fully saturated rings. The molecule has 0 unspecified atom stereocenters. The predicted molar refractivity (Wildman–Crippen MR) is 69.6 cm³/mol. The topological polar surface area (TPSA) is 114 Å². The highest BCUT2D eigenvalue weighted by atomic mass is 16.6. The van der Waals surface area contributed by atoms with Crippen molar-refractivity contribution in [3.8, 4) is 0 Å². The summed E-state index contributed by atoms with van der Waals surface area (Å²) < 4.78 is 4.70. The fraction of sp³-hybridized carbons (Fsp3) is 0.250. The third-order valence-corrected chi connectivity index (χ3v) is 2.12. The van der Waals surface area contributed by atoms with Crippen LogP contribution in [0.2, 0.25) is 0 Å². The monoisotopic (exact) mass is 279 g/mol. The zero-order valence-corrected chi connectivity index (χ0v) is 10.9. The van der Waals surface area contributed by atoms with Gasteiger partial charge in [-0.05, 0) is 19.9 Å². The van der Waals surface area contributed by atoms with Crippen LogP contribution in [0.5, 0.6) is 0 Å². The van der Waals surface area contributed by atoms with Gasteiger partial charge in [-0.1, -0.05) is 6.07 Å². The van der Waals surface area contributed by atoms with Crippen molar-refractivity contribution in [1.29, 1.82) is 0 Å². The smallest absolute Gasteiger partial charge is 0.362 e. The lowest BCUT2D eigenvalue weighted by Crippen LogP contribution is -2.07. The number of nitrogens with zero attached hydrogens (tertiary/aromatic N) is 3. The number of aliphatic hydroxyl groups is 1. The molecule has 8 nitrogen and oxygen atoms in total. The molecule has 0 saturated heterocycles. The maximum atomic E-state index is 11.5. The first-order valence-corrected chi connectivity index (χ1v) is 5.68. The number of rotatable bonds is 5. The molecule has 1 aromatic carbocycles. The van der Waals surface area contributed by atoms with Crippen molar-refractivity contribution in [2.24, 2.45) is 10.2 Å². The van der Waals surface area contributed by atoms with Crippen molar-refractivity contribution in [2.45, 2.75) is 13.8 Å². The van der Waals surface area contributed by atoms with E-state index >= 15 is 0 Å². The van der Waals surface area contributed by atoms with Crippen LogP contribution in [0.3, 0.4) is 0 Å². The van der Waals surface area contributed by atoms with Gasteiger partial charge in [0.25, 0.3) is 5.69 Å². The van der Waals surface area contributed by atoms with Crippen molar-refractivity contribution in [1.82, 2.24) is 0 Å². The minimum atomic E-state index is -0.818. The summed E-state index contributed by atoms with van der Waals surface area (Å²) in [6.45, 7) is 3.00. The normalized spacial score (nSPS) is 12.1. The van der Waals surface area contributed by atoms with E-state index in [1.54, 1.807) is 6.92 Å². The maximum Gasteiger partial charge on any atom is 0.362 e. The predicted octanol–water partition coefficient (Wildman–Crippen LogP) is 3.03. The molecule has 0 aliphatic rings. The maximum absolute atomic E-state index is 11.5. The Morgan fingerprint density at radius 2 is 2.20 bits per heavy atom. The summed E-state index contributed by atoms with van der Waals surface area (Å²) in [7, 11) is 0. The molecule has 106 valence electrons. The van der Waals surface area contributed by atoms with E-state index in [2.05, 4.69) is 10.2 Å². The number of allylic oxidation sites excluding steroid dienone is 1. The zero-order chi connectivity index (χ0) is 15.1. The van der Waals surface area contributed by atoms with Gasteiger partial charge in [0, 0.05) is 12.1 Å². The number of hydrogen-bond acceptors (Lipinski definition) is 7. The summed E-state index contributed by atoms with van der Waals surface area (Å²) in [4.78, 5) is 21.5. The molecular formula is C12H13N3O5. The number of nitro benzene ring substituents is 1. The van der Waals surface area contributed by atoms with Gasteiger partial charge in [-0.3, -0.25) is 10.1 Å². The highest BCUT2D eigenvalue weighted by Crippen LogP contribution is 2.21. The number of carbonyl (C=O) groups excluding carboxylic acids is 1. The van der Waals surface area contributed by atoms with Gasteiger partial charge in [-0.15, -0.1) is 10.2 Å². The molecule has 1 aromatic rings. The number of nitro groups is 1. The number of non-ortho nitro benzene ring substituents is 1. The molecule has 0 spiro atoms. The first-order chi connectivity index (χ1) is 9.45. The summed E-state index contributed by atoms with van der Waals surface area (Å²) >= 11 is 0. The van der Waals surface area contributed by atoms with Gasteiger partial charge < -0.3 is 9.84 Å². The Morgan fingerprint density at radius 1 is 1.50 bits per heavy atom. The lowest BCUT2D eigenvalue weighted by molar-refractivity contribution is -0.384. The third kappa shape index (κ3) is 4.16. The Balaban J connectivity index is 3.00. The molecule has 0 atom stereocenters. The average molecular weight is 279 g/mol. The van der Waals surface area contributed by atoms with Crippen LogP contribution in [0.15, 0.2) is 46.0 Å². The fourth-order valence-corrected chi connectivity index (χ4v) is 1.24. The largest absolute Gasteiger partial charge is 0.510 e. The molecule has 20 heavy (non-hydrogen) atoms. The molecule has 8 heteroatoms. The zero-order valence-electron chi connectivity index (χ0n) is 10.9. The van der Waals surface area contributed by atoms with Crippen molar-refractivity contribution in [2.75, 3.05) is 6.61 Å². The van der Waals surface area contributed by atoms with Crippen molar-refractivity contribution < 1.29 is 19.6 Å². The van der Waals surface area contributed by atoms with E-state index in [0.29, 0.717) is 0 Å². The van der Waals surface area contributed by atoms with E-state index in [9.17, 15) is 20.0 Å². The molecule has 0 heterocycles. The first-order valence-electron chi connectivity index (χ1n) is 5.68. The van der Waals surface area contributed by atoms with Gasteiger partial charge in [0.05, 0.1) is 17.2 Å². The van der Waals surface area contributed by atoms with Gasteiger partial charge in [0.2, 0.25) is 5.70 Å². The molecule has 0 amide bonds. The first kappa shape index (κ1) is 15.3. The molecule has 0 aromatic heterocycles. The molecule has 0 saturated carbocycles. The van der Waals surface area contributed by atoms with Crippen LogP contribution in [0.4, 0.5) is 11.4 Å². The molecule has 1 N–H and O–H groups in total. The average Bonchev–Trinajstić information content (AvgIpc) is 2.39. The molecule has 1 rings (SSSR count). The molecule has 0 aliphatic heterocycles. The molecule has 0 bridgehead atoms. The summed E-state index contributed by atoms with van der Waals surface area (Å²) in [6.07, 6.45) is 0. The SMILES string of the molecule is CCOC(=O)/C(N=Nc1cccc([N+](=O)[O-])c1)=C(/C)O. The molecule has 0 aliphatic carbocycles. The quantitative estimate of drug-likeness (QED) is 0.222. The Hall–Kier alpha value is -2.77. The van der Waals surface area contributed by atoms with Gasteiger partial charge in [0.15, 0.2) is 0 Å². The summed E-state index contributed by atoms with van der Waals surface area (Å²) in [5, 5.41) is 27.2. The minimum Gasteiger partial charge on any atom is -0.510 e. The van der Waals surface area contributed by atoms with Crippen LogP contribution in [-0.4, -0.2) is 22.6 Å². The highest BCUT2D eigenvalue weighted by Gasteiger charge is 2.14. The van der Waals surface area contributed by atoms with E-state index in [1.165, 1.54) is 31.2 Å². The lowest BCUT2D eigenvalue weighted by Gasteiger charge is -2.01. The number of carbonyl (C=O) groups is 1. The lowest BCUT2D eigenvalue weighted by atomic mass is 10.3. The van der Waals surface area contributed by atoms with Crippen LogP contribution in [0, 0.1) is 10.1 Å². The van der Waals surface area contributed by atoms with E-state index < -0.39 is 10.9 Å². The van der Waals surface area contributed by atoms with E-state index in [4.69, 9.17) is 4.74 Å². The van der Waals surface area contributed by atoms with Crippen LogP contribution in [-0.2, 0) is 9.53 Å². The van der Waals surface area contributed by atoms with Crippen molar-refractivity contribution in [3.63, 3.8) is 0 Å². The van der Waals surface area contributed by atoms with Crippen LogP contribution in [0.25, 0.3) is 0 Å². The van der Waals surface area contributed by atoms with Crippen LogP contribution >= 0.6 is 0 Å². The number of benzene rings is 1. The summed E-state index contributed by atoms with van der Waals surface area (Å²) in [6, 6.07) is 5.41. The number of aliphatic hydroxyl groups excluding tert-OH is 1. The standard InChI is InChI=1S/C12H13N3O5/c1-3-20-12(17)11(8(2)16)14-13-9-5-4-6-10(7-9)15(18)19/h4-7,16H,3H2,1-2H3/b11-8+,14-13?. The minimum absolute atomic E-state index is 0.127. The van der Waals surface area contributed by atoms with Gasteiger partial charge in [-0.2, -0.15) is 0 Å². The summed E-state index contributed by atoms with van der Waals surface area (Å²) in [5.41, 5.74) is -0.315. The number of hydrogen-bond donors (Lipinski definition) is 1. The van der Waals surface area contributed by atoms with Gasteiger partial charge in [0.1, 0.15) is 5.76 Å². The molecule has 0 radical (unpaired) electrons. The van der Waals surface area contributed by atoms with Crippen molar-refractivity contribution >= 4 is 17.3 Å². The number of azo groups is 1. The molecular weight excluding hydrogens is 266 g/mol. The van der Waals surface area contributed by atoms with Gasteiger partial charge >= 0.3 is 5.97 Å². The van der Waals surface area contributed by atoms with E-state index in [1.807, 2.05) is 0 Å². The third-order valence-electron chi connectivity index (χ3n) is 2.12. The van der Waals surface area contributed by atoms with Gasteiger partial charge in [-0.25, -0.2) is 4.79 Å². The Kier molecular flexibility index (Phi) is 5.33. The van der Waals surface area contributed by atoms with Crippen LogP contribution < -0.4 is 0 Å². The van der Waals surface area contributed by atoms with Crippen LogP contribution in [0.1, 0.15) is 13.8 Å². The summed E-state index contributed by atoms with van der Waals surface area (Å²) in [5.74, 6) is -1.17. The Labute approximate surface area is 114 Å². The van der Waals surface area contributed by atoms with E-state index in [-0.39, 0.29) is 29.4 Å². The second kappa shape index (κ2) is 6.98.